The molecule has 0 spiro atoms. The number of pyridine rings is 1. The van der Waals surface area contributed by atoms with Gasteiger partial charge in [0.05, 0.1) is 23.3 Å². The van der Waals surface area contributed by atoms with Crippen LogP contribution in [-0.4, -0.2) is 27.3 Å². The van der Waals surface area contributed by atoms with E-state index in [2.05, 4.69) is 15.1 Å². The first-order valence-corrected chi connectivity index (χ1v) is 10.6. The lowest BCUT2D eigenvalue weighted by Gasteiger charge is -2.23. The summed E-state index contributed by atoms with van der Waals surface area (Å²) in [7, 11) is 0. The molecule has 4 aromatic rings. The van der Waals surface area contributed by atoms with Crippen molar-refractivity contribution in [3.05, 3.63) is 84.0 Å². The fraction of sp³-hybridized carbons (Fsp3) is 0.200. The van der Waals surface area contributed by atoms with Crippen molar-refractivity contribution in [2.75, 3.05) is 11.9 Å². The van der Waals surface area contributed by atoms with Crippen LogP contribution in [0.4, 0.5) is 11.4 Å². The van der Waals surface area contributed by atoms with E-state index in [1.165, 1.54) is 6.20 Å². The summed E-state index contributed by atoms with van der Waals surface area (Å²) in [5.41, 5.74) is 4.41. The molecule has 0 aliphatic carbocycles. The van der Waals surface area contributed by atoms with Gasteiger partial charge in [-0.3, -0.25) is 9.78 Å². The van der Waals surface area contributed by atoms with E-state index in [1.807, 2.05) is 47.1 Å². The number of nitrogens with zero attached hydrogens (tertiary/aromatic N) is 4. The van der Waals surface area contributed by atoms with Crippen molar-refractivity contribution in [2.24, 2.45) is 0 Å². The lowest BCUT2D eigenvalue weighted by atomic mass is 10.1. The molecule has 1 fully saturated rings. The Hall–Kier alpha value is -4.02. The van der Waals surface area contributed by atoms with Crippen LogP contribution in [0.25, 0.3) is 27.0 Å². The van der Waals surface area contributed by atoms with Crippen molar-refractivity contribution in [1.82, 2.24) is 14.8 Å². The summed E-state index contributed by atoms with van der Waals surface area (Å²) in [4.78, 5) is 19.9. The van der Waals surface area contributed by atoms with Crippen LogP contribution >= 0.6 is 0 Å². The first-order chi connectivity index (χ1) is 15.7. The molecule has 2 aromatic heterocycles. The van der Waals surface area contributed by atoms with E-state index < -0.39 is 0 Å². The number of carbonyl (C=O) groups excluding carboxylic acids is 1. The highest BCUT2D eigenvalue weighted by molar-refractivity contribution is 6.04. The summed E-state index contributed by atoms with van der Waals surface area (Å²) in [6.07, 6.45) is 6.15. The first kappa shape index (κ1) is 19.9. The lowest BCUT2D eigenvalue weighted by Crippen LogP contribution is -2.19. The van der Waals surface area contributed by atoms with Gasteiger partial charge in [0.15, 0.2) is 11.9 Å². The number of hydrogen-bond acceptors (Lipinski definition) is 4. The van der Waals surface area contributed by atoms with E-state index >= 15 is 0 Å². The van der Waals surface area contributed by atoms with E-state index in [4.69, 9.17) is 16.4 Å². The van der Waals surface area contributed by atoms with Gasteiger partial charge >= 0.3 is 0 Å². The molecule has 0 saturated carbocycles. The highest BCUT2D eigenvalue weighted by atomic mass is 16.5. The van der Waals surface area contributed by atoms with Crippen molar-refractivity contribution in [2.45, 2.75) is 25.5 Å². The smallest absolute Gasteiger partial charge is 0.257 e. The molecule has 7 nitrogen and oxygen atoms in total. The van der Waals surface area contributed by atoms with Crippen LogP contribution in [0, 0.1) is 6.57 Å². The highest BCUT2D eigenvalue weighted by Crippen LogP contribution is 2.35. The summed E-state index contributed by atoms with van der Waals surface area (Å²) < 4.78 is 7.91. The third-order valence-corrected chi connectivity index (χ3v) is 5.59. The number of fused-ring (bicyclic) bond motifs is 1. The van der Waals surface area contributed by atoms with Crippen molar-refractivity contribution < 1.29 is 9.53 Å². The van der Waals surface area contributed by atoms with Gasteiger partial charge in [0, 0.05) is 35.6 Å². The largest absolute Gasteiger partial charge is 0.356 e. The highest BCUT2D eigenvalue weighted by Gasteiger charge is 2.22. The van der Waals surface area contributed by atoms with Crippen LogP contribution in [0.15, 0.2) is 67.0 Å². The fourth-order valence-electron chi connectivity index (χ4n) is 3.96. The number of ether oxygens (including phenoxy) is 1. The minimum atomic E-state index is -0.211. The Morgan fingerprint density at radius 3 is 2.75 bits per heavy atom. The zero-order chi connectivity index (χ0) is 21.9. The SMILES string of the molecule is [C-]#[N+]c1ccc2c(c1)c(-c1ccc(NC(=O)c3cccnc3)cc1)nn2C1CCCCO1. The summed E-state index contributed by atoms with van der Waals surface area (Å²) >= 11 is 0. The zero-order valence-corrected chi connectivity index (χ0v) is 17.4. The minimum absolute atomic E-state index is 0.100. The molecule has 1 amide bonds. The maximum atomic E-state index is 12.4. The zero-order valence-electron chi connectivity index (χ0n) is 17.4. The van der Waals surface area contributed by atoms with Gasteiger partial charge in [-0.2, -0.15) is 5.10 Å². The van der Waals surface area contributed by atoms with Gasteiger partial charge in [-0.1, -0.05) is 18.2 Å². The van der Waals surface area contributed by atoms with Crippen LogP contribution in [0.5, 0.6) is 0 Å². The monoisotopic (exact) mass is 423 g/mol. The van der Waals surface area contributed by atoms with Crippen molar-refractivity contribution in [1.29, 1.82) is 0 Å². The third-order valence-electron chi connectivity index (χ3n) is 5.59. The number of anilines is 1. The summed E-state index contributed by atoms with van der Waals surface area (Å²) in [5, 5.41) is 8.69. The van der Waals surface area contributed by atoms with Crippen molar-refractivity contribution in [3.63, 3.8) is 0 Å². The van der Waals surface area contributed by atoms with Gasteiger partial charge in [-0.25, -0.2) is 9.53 Å². The molecule has 1 unspecified atom stereocenters. The molecule has 158 valence electrons. The van der Waals surface area contributed by atoms with Gasteiger partial charge < -0.3 is 10.1 Å². The maximum absolute atomic E-state index is 12.4. The van der Waals surface area contributed by atoms with E-state index in [0.29, 0.717) is 16.9 Å². The second-order valence-electron chi connectivity index (χ2n) is 7.70. The summed E-state index contributed by atoms with van der Waals surface area (Å²) in [6, 6.07) is 16.6. The van der Waals surface area contributed by atoms with Gasteiger partial charge in [0.1, 0.15) is 0 Å². The van der Waals surface area contributed by atoms with Gasteiger partial charge in [-0.05, 0) is 55.7 Å². The molecule has 0 radical (unpaired) electrons. The number of benzene rings is 2. The Balaban J connectivity index is 1.48. The average Bonchev–Trinajstić information content (AvgIpc) is 3.24. The average molecular weight is 423 g/mol. The van der Waals surface area contributed by atoms with Gasteiger partial charge in [0.2, 0.25) is 0 Å². The second-order valence-corrected chi connectivity index (χ2v) is 7.70. The Kier molecular flexibility index (Phi) is 5.36. The van der Waals surface area contributed by atoms with Crippen LogP contribution in [-0.2, 0) is 4.74 Å². The first-order valence-electron chi connectivity index (χ1n) is 10.6. The lowest BCUT2D eigenvalue weighted by molar-refractivity contribution is -0.0365. The summed E-state index contributed by atoms with van der Waals surface area (Å²) in [5.74, 6) is -0.211. The van der Waals surface area contributed by atoms with E-state index in [-0.39, 0.29) is 12.1 Å². The Labute approximate surface area is 185 Å². The fourth-order valence-corrected chi connectivity index (χ4v) is 3.96. The van der Waals surface area contributed by atoms with Crippen LogP contribution < -0.4 is 5.32 Å². The predicted octanol–water partition coefficient (Wildman–Crippen LogP) is 5.60. The molecule has 1 N–H and O–H groups in total. The molecular formula is C25H21N5O2. The topological polar surface area (TPSA) is 73.4 Å². The number of carbonyl (C=O) groups is 1. The number of rotatable bonds is 4. The van der Waals surface area contributed by atoms with Crippen LogP contribution in [0.2, 0.25) is 0 Å². The van der Waals surface area contributed by atoms with Gasteiger partial charge in [0.25, 0.3) is 5.91 Å². The van der Waals surface area contributed by atoms with Crippen LogP contribution in [0.3, 0.4) is 0 Å². The maximum Gasteiger partial charge on any atom is 0.257 e. The molecular weight excluding hydrogens is 402 g/mol. The molecule has 1 saturated heterocycles. The number of hydrogen-bond donors (Lipinski definition) is 1. The standard InChI is InChI=1S/C25H21N5O2/c1-26-20-11-12-22-21(15-20)24(29-30(22)23-6-2-3-14-32-23)17-7-9-19(10-8-17)28-25(31)18-5-4-13-27-16-18/h4-5,7-13,15-16,23H,2-3,6,14H2,(H,28,31). The van der Waals surface area contributed by atoms with Gasteiger partial charge in [-0.15, -0.1) is 0 Å². The molecule has 5 rings (SSSR count). The number of nitrogens with one attached hydrogen (secondary N) is 1. The van der Waals surface area contributed by atoms with Crippen molar-refractivity contribution in [3.8, 4) is 11.3 Å². The van der Waals surface area contributed by atoms with Crippen LogP contribution in [0.1, 0.15) is 35.8 Å². The molecule has 2 aromatic carbocycles. The normalized spacial score (nSPS) is 15.9. The Bertz CT molecular complexity index is 1300. The number of aromatic nitrogens is 3. The molecule has 1 aliphatic heterocycles. The summed E-state index contributed by atoms with van der Waals surface area (Å²) in [6.45, 7) is 8.12. The second kappa shape index (κ2) is 8.61. The molecule has 0 bridgehead atoms. The Morgan fingerprint density at radius 2 is 2.03 bits per heavy atom. The molecule has 1 aliphatic rings. The van der Waals surface area contributed by atoms with E-state index in [0.717, 1.165) is 48.0 Å². The minimum Gasteiger partial charge on any atom is -0.356 e. The van der Waals surface area contributed by atoms with Crippen molar-refractivity contribution >= 4 is 28.2 Å². The molecule has 1 atom stereocenters. The van der Waals surface area contributed by atoms with E-state index in [9.17, 15) is 4.79 Å². The molecule has 3 heterocycles. The number of amides is 1. The quantitative estimate of drug-likeness (QED) is 0.434. The Morgan fingerprint density at radius 1 is 1.16 bits per heavy atom. The molecule has 7 heteroatoms. The third kappa shape index (κ3) is 3.84. The molecule has 32 heavy (non-hydrogen) atoms. The van der Waals surface area contributed by atoms with E-state index in [1.54, 1.807) is 18.3 Å². The predicted molar refractivity (Wildman–Crippen MR) is 122 cm³/mol.